The van der Waals surface area contributed by atoms with Crippen molar-refractivity contribution in [3.63, 3.8) is 0 Å². The number of morpholine rings is 1. The number of anilines is 1. The Bertz CT molecular complexity index is 695. The fourth-order valence-electron chi connectivity index (χ4n) is 2.71. The maximum atomic E-state index is 5.36. The van der Waals surface area contributed by atoms with Crippen molar-refractivity contribution in [2.24, 2.45) is 0 Å². The molecule has 1 fully saturated rings. The first-order valence-corrected chi connectivity index (χ1v) is 8.72. The SMILES string of the molecule is CC(C)n1ncc2cc(NC(=S)NCCN3CCOCC3)cnc21. The first-order valence-electron chi connectivity index (χ1n) is 8.31. The highest BCUT2D eigenvalue weighted by Gasteiger charge is 2.10. The van der Waals surface area contributed by atoms with Gasteiger partial charge >= 0.3 is 0 Å². The van der Waals surface area contributed by atoms with Gasteiger partial charge in [-0.15, -0.1) is 0 Å². The highest BCUT2D eigenvalue weighted by molar-refractivity contribution is 7.80. The predicted molar refractivity (Wildman–Crippen MR) is 99.4 cm³/mol. The normalized spacial score (nSPS) is 15.8. The number of fused-ring (bicyclic) bond motifs is 1. The monoisotopic (exact) mass is 348 g/mol. The van der Waals surface area contributed by atoms with E-state index in [0.29, 0.717) is 5.11 Å². The minimum absolute atomic E-state index is 0.289. The highest BCUT2D eigenvalue weighted by Crippen LogP contribution is 2.18. The summed E-state index contributed by atoms with van der Waals surface area (Å²) < 4.78 is 7.26. The summed E-state index contributed by atoms with van der Waals surface area (Å²) in [5, 5.41) is 12.4. The number of thiocarbonyl (C=S) groups is 1. The van der Waals surface area contributed by atoms with E-state index in [-0.39, 0.29) is 6.04 Å². The van der Waals surface area contributed by atoms with Gasteiger partial charge < -0.3 is 15.4 Å². The van der Waals surface area contributed by atoms with Crippen molar-refractivity contribution < 1.29 is 4.74 Å². The number of rotatable bonds is 5. The summed E-state index contributed by atoms with van der Waals surface area (Å²) in [6.07, 6.45) is 3.63. The van der Waals surface area contributed by atoms with Crippen LogP contribution in [0.4, 0.5) is 5.69 Å². The molecule has 24 heavy (non-hydrogen) atoms. The van der Waals surface area contributed by atoms with Gasteiger partial charge in [0.15, 0.2) is 10.8 Å². The van der Waals surface area contributed by atoms with Crippen molar-refractivity contribution in [3.05, 3.63) is 18.5 Å². The molecule has 0 spiro atoms. The fraction of sp³-hybridized carbons (Fsp3) is 0.562. The maximum Gasteiger partial charge on any atom is 0.170 e. The van der Waals surface area contributed by atoms with Crippen molar-refractivity contribution in [1.29, 1.82) is 0 Å². The Balaban J connectivity index is 1.51. The van der Waals surface area contributed by atoms with Crippen LogP contribution in [0.1, 0.15) is 19.9 Å². The third-order valence-corrected chi connectivity index (χ3v) is 4.24. The summed E-state index contributed by atoms with van der Waals surface area (Å²) in [5.74, 6) is 0. The quantitative estimate of drug-likeness (QED) is 0.796. The van der Waals surface area contributed by atoms with Gasteiger partial charge in [0.1, 0.15) is 0 Å². The summed E-state index contributed by atoms with van der Waals surface area (Å²) >= 11 is 5.36. The van der Waals surface area contributed by atoms with Crippen LogP contribution in [-0.4, -0.2) is 64.2 Å². The molecule has 1 aliphatic heterocycles. The Morgan fingerprint density at radius 1 is 1.33 bits per heavy atom. The van der Waals surface area contributed by atoms with Gasteiger partial charge in [-0.25, -0.2) is 9.67 Å². The zero-order chi connectivity index (χ0) is 16.9. The van der Waals surface area contributed by atoms with Gasteiger partial charge in [0.2, 0.25) is 0 Å². The molecule has 0 amide bonds. The Morgan fingerprint density at radius 2 is 2.12 bits per heavy atom. The molecule has 0 atom stereocenters. The number of aromatic nitrogens is 3. The molecule has 3 rings (SSSR count). The third-order valence-electron chi connectivity index (χ3n) is 4.00. The van der Waals surface area contributed by atoms with Gasteiger partial charge in [-0.1, -0.05) is 0 Å². The molecule has 130 valence electrons. The van der Waals surface area contributed by atoms with Crippen LogP contribution < -0.4 is 10.6 Å². The summed E-state index contributed by atoms with van der Waals surface area (Å²) in [6, 6.07) is 2.31. The average molecular weight is 348 g/mol. The zero-order valence-corrected chi connectivity index (χ0v) is 15.0. The Morgan fingerprint density at radius 3 is 2.88 bits per heavy atom. The third kappa shape index (κ3) is 4.19. The zero-order valence-electron chi connectivity index (χ0n) is 14.2. The summed E-state index contributed by atoms with van der Waals surface area (Å²) in [5.41, 5.74) is 1.76. The number of hydrogen-bond donors (Lipinski definition) is 2. The number of nitrogens with zero attached hydrogens (tertiary/aromatic N) is 4. The van der Waals surface area contributed by atoms with Crippen LogP contribution in [0, 0.1) is 0 Å². The largest absolute Gasteiger partial charge is 0.379 e. The fourth-order valence-corrected chi connectivity index (χ4v) is 2.93. The topological polar surface area (TPSA) is 67.2 Å². The van der Waals surface area contributed by atoms with E-state index in [1.54, 1.807) is 6.20 Å². The molecule has 0 aromatic carbocycles. The van der Waals surface area contributed by atoms with E-state index in [0.717, 1.165) is 56.1 Å². The molecule has 0 saturated carbocycles. The molecule has 2 aromatic heterocycles. The first kappa shape index (κ1) is 17.1. The molecule has 2 aromatic rings. The van der Waals surface area contributed by atoms with E-state index in [1.807, 2.05) is 16.9 Å². The molecule has 0 aliphatic carbocycles. The number of pyridine rings is 1. The average Bonchev–Trinajstić information content (AvgIpc) is 2.99. The molecule has 2 N–H and O–H groups in total. The van der Waals surface area contributed by atoms with Crippen LogP contribution in [0.5, 0.6) is 0 Å². The van der Waals surface area contributed by atoms with Crippen LogP contribution >= 0.6 is 12.2 Å². The summed E-state index contributed by atoms with van der Waals surface area (Å²) in [7, 11) is 0. The van der Waals surface area contributed by atoms with E-state index >= 15 is 0 Å². The van der Waals surface area contributed by atoms with Crippen LogP contribution in [-0.2, 0) is 4.74 Å². The van der Waals surface area contributed by atoms with Crippen LogP contribution in [0.3, 0.4) is 0 Å². The second kappa shape index (κ2) is 7.87. The van der Waals surface area contributed by atoms with Crippen molar-refractivity contribution >= 4 is 34.1 Å². The Labute approximate surface area is 147 Å². The van der Waals surface area contributed by atoms with Gasteiger partial charge in [-0.3, -0.25) is 4.90 Å². The van der Waals surface area contributed by atoms with Gasteiger partial charge in [0.25, 0.3) is 0 Å². The minimum atomic E-state index is 0.289. The lowest BCUT2D eigenvalue weighted by atomic mass is 10.3. The van der Waals surface area contributed by atoms with Gasteiger partial charge in [-0.2, -0.15) is 5.10 Å². The lowest BCUT2D eigenvalue weighted by Gasteiger charge is -2.26. The number of hydrogen-bond acceptors (Lipinski definition) is 5. The van der Waals surface area contributed by atoms with E-state index in [4.69, 9.17) is 17.0 Å². The van der Waals surface area contributed by atoms with Crippen molar-refractivity contribution in [2.45, 2.75) is 19.9 Å². The van der Waals surface area contributed by atoms with E-state index < -0.39 is 0 Å². The summed E-state index contributed by atoms with van der Waals surface area (Å²) in [6.45, 7) is 9.57. The van der Waals surface area contributed by atoms with Crippen LogP contribution in [0.25, 0.3) is 11.0 Å². The van der Waals surface area contributed by atoms with Crippen molar-refractivity contribution in [3.8, 4) is 0 Å². The molecular formula is C16H24N6OS. The second-order valence-electron chi connectivity index (χ2n) is 6.15. The molecule has 0 radical (unpaired) electrons. The minimum Gasteiger partial charge on any atom is -0.379 e. The van der Waals surface area contributed by atoms with Crippen molar-refractivity contribution in [1.82, 2.24) is 25.0 Å². The van der Waals surface area contributed by atoms with Crippen LogP contribution in [0.2, 0.25) is 0 Å². The smallest absolute Gasteiger partial charge is 0.170 e. The second-order valence-corrected chi connectivity index (χ2v) is 6.56. The molecular weight excluding hydrogens is 324 g/mol. The maximum absolute atomic E-state index is 5.36. The van der Waals surface area contributed by atoms with Crippen molar-refractivity contribution in [2.75, 3.05) is 44.7 Å². The Hall–Kier alpha value is -1.77. The molecule has 3 heterocycles. The van der Waals surface area contributed by atoms with E-state index in [9.17, 15) is 0 Å². The molecule has 1 aliphatic rings. The molecule has 0 bridgehead atoms. The number of ether oxygens (including phenoxy) is 1. The number of nitrogens with one attached hydrogen (secondary N) is 2. The molecule has 7 nitrogen and oxygen atoms in total. The van der Waals surface area contributed by atoms with Gasteiger partial charge in [0.05, 0.1) is 31.3 Å². The molecule has 0 unspecified atom stereocenters. The molecule has 8 heteroatoms. The van der Waals surface area contributed by atoms with E-state index in [2.05, 4.69) is 39.5 Å². The standard InChI is InChI=1S/C16H24N6OS/c1-12(2)22-15-13(10-19-22)9-14(11-18-15)20-16(24)17-3-4-21-5-7-23-8-6-21/h9-12H,3-8H2,1-2H3,(H2,17,20,24). The molecule has 1 saturated heterocycles. The van der Waals surface area contributed by atoms with Gasteiger partial charge in [-0.05, 0) is 32.1 Å². The first-order chi connectivity index (χ1) is 11.6. The Kier molecular flexibility index (Phi) is 5.60. The highest BCUT2D eigenvalue weighted by atomic mass is 32.1. The van der Waals surface area contributed by atoms with Crippen LogP contribution in [0.15, 0.2) is 18.5 Å². The van der Waals surface area contributed by atoms with Gasteiger partial charge in [0, 0.05) is 37.6 Å². The lowest BCUT2D eigenvalue weighted by Crippen LogP contribution is -2.42. The predicted octanol–water partition coefficient (Wildman–Crippen LogP) is 1.63. The summed E-state index contributed by atoms with van der Waals surface area (Å²) in [4.78, 5) is 6.87. The van der Waals surface area contributed by atoms with E-state index in [1.165, 1.54) is 0 Å². The lowest BCUT2D eigenvalue weighted by molar-refractivity contribution is 0.0389.